The van der Waals surface area contributed by atoms with Gasteiger partial charge in [-0.15, -0.1) is 0 Å². The predicted molar refractivity (Wildman–Crippen MR) is 73.2 cm³/mol. The maximum Gasteiger partial charge on any atom is 0.307 e. The van der Waals surface area contributed by atoms with E-state index in [9.17, 15) is 9.59 Å². The van der Waals surface area contributed by atoms with Crippen LogP contribution >= 0.6 is 11.6 Å². The fraction of sp³-hybridized carbons (Fsp3) is 0.462. The maximum atomic E-state index is 12.0. The summed E-state index contributed by atoms with van der Waals surface area (Å²) in [6.07, 6.45) is 7.73. The van der Waals surface area contributed by atoms with Crippen LogP contribution in [0.15, 0.2) is 24.5 Å². The molecule has 108 valence electrons. The van der Waals surface area contributed by atoms with Gasteiger partial charge in [0.15, 0.2) is 0 Å². The number of rotatable bonds is 5. The van der Waals surface area contributed by atoms with Crippen molar-refractivity contribution in [2.24, 2.45) is 11.8 Å². The van der Waals surface area contributed by atoms with E-state index in [4.69, 9.17) is 16.7 Å². The molecule has 20 heavy (non-hydrogen) atoms. The van der Waals surface area contributed by atoms with Crippen LogP contribution in [0.1, 0.15) is 12.8 Å². The molecule has 1 aliphatic carbocycles. The zero-order chi connectivity index (χ0) is 14.5. The van der Waals surface area contributed by atoms with Crippen molar-refractivity contribution in [2.45, 2.75) is 19.4 Å². The van der Waals surface area contributed by atoms with Gasteiger partial charge in [0.05, 0.1) is 29.6 Å². The molecule has 1 amide bonds. The third kappa shape index (κ3) is 3.60. The molecule has 0 radical (unpaired) electrons. The summed E-state index contributed by atoms with van der Waals surface area (Å²) in [6, 6.07) is 0. The number of amides is 1. The van der Waals surface area contributed by atoms with Crippen molar-refractivity contribution in [1.82, 2.24) is 15.1 Å². The van der Waals surface area contributed by atoms with Gasteiger partial charge in [0.1, 0.15) is 0 Å². The number of allylic oxidation sites excluding steroid dienone is 2. The molecule has 2 N–H and O–H groups in total. The second-order valence-electron chi connectivity index (χ2n) is 4.71. The molecule has 1 aromatic rings. The van der Waals surface area contributed by atoms with Gasteiger partial charge in [-0.3, -0.25) is 14.3 Å². The van der Waals surface area contributed by atoms with Crippen molar-refractivity contribution in [2.75, 3.05) is 6.54 Å². The number of hydrogen-bond donors (Lipinski definition) is 2. The lowest BCUT2D eigenvalue weighted by atomic mass is 9.82. The standard InChI is InChI=1S/C13H16ClN3O3/c14-9-7-16-17(8-9)6-5-15-12(18)10-3-1-2-4-11(10)13(19)20/h1-2,7-8,10-11H,3-6H2,(H,15,18)(H,19,20)/t10-,11-/m1/s1. The molecule has 1 aliphatic rings. The van der Waals surface area contributed by atoms with Crippen LogP contribution in [-0.2, 0) is 16.1 Å². The zero-order valence-electron chi connectivity index (χ0n) is 10.8. The van der Waals surface area contributed by atoms with Crippen LogP contribution in [0, 0.1) is 11.8 Å². The van der Waals surface area contributed by atoms with Crippen LogP contribution in [0.25, 0.3) is 0 Å². The number of nitrogens with zero attached hydrogens (tertiary/aromatic N) is 2. The van der Waals surface area contributed by atoms with Gasteiger partial charge in [0, 0.05) is 12.7 Å². The van der Waals surface area contributed by atoms with Gasteiger partial charge in [-0.25, -0.2) is 0 Å². The van der Waals surface area contributed by atoms with Gasteiger partial charge < -0.3 is 10.4 Å². The van der Waals surface area contributed by atoms with Crippen molar-refractivity contribution in [1.29, 1.82) is 0 Å². The lowest BCUT2D eigenvalue weighted by Gasteiger charge is -2.24. The van der Waals surface area contributed by atoms with E-state index in [1.807, 2.05) is 12.2 Å². The lowest BCUT2D eigenvalue weighted by Crippen LogP contribution is -2.39. The Hall–Kier alpha value is -1.82. The second kappa shape index (κ2) is 6.56. The number of carboxylic acid groups (broad SMARTS) is 1. The van der Waals surface area contributed by atoms with Crippen molar-refractivity contribution in [3.63, 3.8) is 0 Å². The van der Waals surface area contributed by atoms with Gasteiger partial charge in [-0.2, -0.15) is 5.10 Å². The highest BCUT2D eigenvalue weighted by molar-refractivity contribution is 6.30. The van der Waals surface area contributed by atoms with E-state index in [0.29, 0.717) is 31.0 Å². The molecule has 0 saturated heterocycles. The van der Waals surface area contributed by atoms with Gasteiger partial charge in [0.2, 0.25) is 5.91 Å². The number of halogens is 1. The molecule has 6 nitrogen and oxygen atoms in total. The summed E-state index contributed by atoms with van der Waals surface area (Å²) in [5.74, 6) is -2.29. The Balaban J connectivity index is 1.84. The number of aliphatic carboxylic acids is 1. The number of nitrogens with one attached hydrogen (secondary N) is 1. The summed E-state index contributed by atoms with van der Waals surface area (Å²) < 4.78 is 1.62. The van der Waals surface area contributed by atoms with Gasteiger partial charge in [0.25, 0.3) is 0 Å². The minimum absolute atomic E-state index is 0.222. The normalized spacial score (nSPS) is 21.6. The number of hydrogen-bond acceptors (Lipinski definition) is 3. The molecule has 1 aromatic heterocycles. The van der Waals surface area contributed by atoms with Crippen molar-refractivity contribution in [3.05, 3.63) is 29.6 Å². The van der Waals surface area contributed by atoms with Crippen molar-refractivity contribution < 1.29 is 14.7 Å². The van der Waals surface area contributed by atoms with Crippen LogP contribution in [0.2, 0.25) is 5.02 Å². The highest BCUT2D eigenvalue weighted by atomic mass is 35.5. The van der Waals surface area contributed by atoms with Crippen LogP contribution in [0.4, 0.5) is 0 Å². The molecule has 0 unspecified atom stereocenters. The van der Waals surface area contributed by atoms with Crippen molar-refractivity contribution >= 4 is 23.5 Å². The van der Waals surface area contributed by atoms with E-state index in [0.717, 1.165) is 0 Å². The second-order valence-corrected chi connectivity index (χ2v) is 5.14. The quantitative estimate of drug-likeness (QED) is 0.803. The first-order valence-electron chi connectivity index (χ1n) is 6.41. The average molecular weight is 298 g/mol. The van der Waals surface area contributed by atoms with E-state index < -0.39 is 17.8 Å². The first-order valence-corrected chi connectivity index (χ1v) is 6.79. The van der Waals surface area contributed by atoms with E-state index in [2.05, 4.69) is 10.4 Å². The number of aromatic nitrogens is 2. The summed E-state index contributed by atoms with van der Waals surface area (Å²) in [5, 5.41) is 16.4. The summed E-state index contributed by atoms with van der Waals surface area (Å²) in [5.41, 5.74) is 0. The number of carboxylic acids is 1. The third-order valence-electron chi connectivity index (χ3n) is 3.33. The smallest absolute Gasteiger partial charge is 0.307 e. The molecule has 1 heterocycles. The third-order valence-corrected chi connectivity index (χ3v) is 3.52. The van der Waals surface area contributed by atoms with Gasteiger partial charge in [-0.1, -0.05) is 23.8 Å². The van der Waals surface area contributed by atoms with E-state index in [1.54, 1.807) is 10.9 Å². The first kappa shape index (κ1) is 14.6. The lowest BCUT2D eigenvalue weighted by molar-refractivity contribution is -0.147. The van der Waals surface area contributed by atoms with Crippen LogP contribution in [-0.4, -0.2) is 33.3 Å². The average Bonchev–Trinajstić information content (AvgIpc) is 2.84. The molecule has 0 aliphatic heterocycles. The Morgan fingerprint density at radius 3 is 2.70 bits per heavy atom. The zero-order valence-corrected chi connectivity index (χ0v) is 11.6. The summed E-state index contributed by atoms with van der Waals surface area (Å²) in [7, 11) is 0. The van der Waals surface area contributed by atoms with Gasteiger partial charge in [-0.05, 0) is 12.8 Å². The molecule has 0 bridgehead atoms. The summed E-state index contributed by atoms with van der Waals surface area (Å²) in [6.45, 7) is 0.891. The van der Waals surface area contributed by atoms with Gasteiger partial charge >= 0.3 is 5.97 Å². The molecule has 7 heteroatoms. The molecule has 2 atom stereocenters. The Morgan fingerprint density at radius 2 is 2.10 bits per heavy atom. The van der Waals surface area contributed by atoms with E-state index in [1.165, 1.54) is 6.20 Å². The van der Waals surface area contributed by atoms with E-state index in [-0.39, 0.29) is 5.91 Å². The van der Waals surface area contributed by atoms with Crippen LogP contribution in [0.3, 0.4) is 0 Å². The first-order chi connectivity index (χ1) is 9.58. The highest BCUT2D eigenvalue weighted by Gasteiger charge is 2.33. The van der Waals surface area contributed by atoms with Crippen molar-refractivity contribution in [3.8, 4) is 0 Å². The highest BCUT2D eigenvalue weighted by Crippen LogP contribution is 2.25. The molecule has 0 fully saturated rings. The largest absolute Gasteiger partial charge is 0.481 e. The number of carbonyl (C=O) groups is 2. The molecule has 2 rings (SSSR count). The SMILES string of the molecule is O=C(O)[C@@H]1CC=CC[C@H]1C(=O)NCCn1cc(Cl)cn1. The number of carbonyl (C=O) groups excluding carboxylic acids is 1. The fourth-order valence-electron chi connectivity index (χ4n) is 2.26. The summed E-state index contributed by atoms with van der Waals surface area (Å²) >= 11 is 5.73. The molecule has 0 spiro atoms. The Labute approximate surface area is 121 Å². The Kier molecular flexibility index (Phi) is 4.79. The van der Waals surface area contributed by atoms with Crippen LogP contribution < -0.4 is 5.32 Å². The molecule has 0 saturated carbocycles. The predicted octanol–water partition coefficient (Wildman–Crippen LogP) is 1.32. The minimum atomic E-state index is -0.923. The molecular weight excluding hydrogens is 282 g/mol. The summed E-state index contributed by atoms with van der Waals surface area (Å²) in [4.78, 5) is 23.2. The minimum Gasteiger partial charge on any atom is -0.481 e. The Bertz CT molecular complexity index is 527. The topological polar surface area (TPSA) is 84.2 Å². The van der Waals surface area contributed by atoms with E-state index >= 15 is 0 Å². The van der Waals surface area contributed by atoms with Crippen LogP contribution in [0.5, 0.6) is 0 Å². The Morgan fingerprint density at radius 1 is 1.40 bits per heavy atom. The monoisotopic (exact) mass is 297 g/mol. The molecule has 0 aromatic carbocycles. The maximum absolute atomic E-state index is 12.0. The molecular formula is C13H16ClN3O3. The fourth-order valence-corrected chi connectivity index (χ4v) is 2.42.